The van der Waals surface area contributed by atoms with E-state index in [1.165, 1.54) is 0 Å². The fraction of sp³-hybridized carbons (Fsp3) is 0.500. The Bertz CT molecular complexity index is 396. The number of amides is 1. The zero-order valence-electron chi connectivity index (χ0n) is 11.5. The van der Waals surface area contributed by atoms with E-state index >= 15 is 0 Å². The highest BCUT2D eigenvalue weighted by atomic mass is 16.5. The van der Waals surface area contributed by atoms with Gasteiger partial charge in [-0.3, -0.25) is 4.79 Å². The number of aliphatic hydroxyl groups excluding tert-OH is 1. The first kappa shape index (κ1) is 15.5. The highest BCUT2D eigenvalue weighted by molar-refractivity contribution is 5.93. The van der Waals surface area contributed by atoms with Gasteiger partial charge in [-0.25, -0.2) is 0 Å². The summed E-state index contributed by atoms with van der Waals surface area (Å²) in [6.07, 6.45) is 1.58. The lowest BCUT2D eigenvalue weighted by atomic mass is 10.2. The van der Waals surface area contributed by atoms with E-state index in [1.54, 1.807) is 19.2 Å². The van der Waals surface area contributed by atoms with Crippen LogP contribution in [0.2, 0.25) is 0 Å². The summed E-state index contributed by atoms with van der Waals surface area (Å²) in [5.41, 5.74) is 0.666. The standard InChI is InChI=1S/C14H22N2O3/c1-11(6-5-9-17)15-10-14(18)16-12-7-3-4-8-13(12)19-2/h3-4,7-8,11,15,17H,5-6,9-10H2,1-2H3,(H,16,18). The zero-order valence-corrected chi connectivity index (χ0v) is 11.5. The largest absolute Gasteiger partial charge is 0.495 e. The number of benzene rings is 1. The molecular formula is C14H22N2O3. The maximum Gasteiger partial charge on any atom is 0.238 e. The number of rotatable bonds is 8. The molecule has 19 heavy (non-hydrogen) atoms. The van der Waals surface area contributed by atoms with Crippen LogP contribution in [0.1, 0.15) is 19.8 Å². The highest BCUT2D eigenvalue weighted by Crippen LogP contribution is 2.22. The van der Waals surface area contributed by atoms with Crippen LogP contribution in [-0.4, -0.2) is 37.3 Å². The quantitative estimate of drug-likeness (QED) is 0.665. The Hall–Kier alpha value is -1.59. The lowest BCUT2D eigenvalue weighted by Crippen LogP contribution is -2.34. The number of aliphatic hydroxyl groups is 1. The number of nitrogens with one attached hydrogen (secondary N) is 2. The minimum absolute atomic E-state index is 0.111. The Balaban J connectivity index is 2.38. The fourth-order valence-electron chi connectivity index (χ4n) is 1.71. The third kappa shape index (κ3) is 5.72. The molecule has 0 saturated carbocycles. The number of hydrogen-bond acceptors (Lipinski definition) is 4. The Morgan fingerprint density at radius 3 is 2.84 bits per heavy atom. The number of ether oxygens (including phenoxy) is 1. The van der Waals surface area contributed by atoms with E-state index < -0.39 is 0 Å². The molecule has 1 rings (SSSR count). The third-order valence-corrected chi connectivity index (χ3v) is 2.79. The van der Waals surface area contributed by atoms with Crippen LogP contribution in [0.5, 0.6) is 5.75 Å². The number of hydrogen-bond donors (Lipinski definition) is 3. The van der Waals surface area contributed by atoms with Crippen LogP contribution in [0.3, 0.4) is 0 Å². The number of carbonyl (C=O) groups excluding carboxylic acids is 1. The molecule has 1 atom stereocenters. The SMILES string of the molecule is COc1ccccc1NC(=O)CNC(C)CCCO. The van der Waals surface area contributed by atoms with E-state index in [0.717, 1.165) is 12.8 Å². The van der Waals surface area contributed by atoms with E-state index in [-0.39, 0.29) is 25.1 Å². The molecule has 1 unspecified atom stereocenters. The van der Waals surface area contributed by atoms with Crippen molar-refractivity contribution in [3.8, 4) is 5.75 Å². The summed E-state index contributed by atoms with van der Waals surface area (Å²) in [5.74, 6) is 0.532. The first-order chi connectivity index (χ1) is 9.17. The molecule has 1 aromatic rings. The lowest BCUT2D eigenvalue weighted by Gasteiger charge is -2.14. The Morgan fingerprint density at radius 1 is 1.42 bits per heavy atom. The van der Waals surface area contributed by atoms with E-state index in [0.29, 0.717) is 11.4 Å². The zero-order chi connectivity index (χ0) is 14.1. The van der Waals surface area contributed by atoms with Gasteiger partial charge in [0.15, 0.2) is 0 Å². The molecule has 5 heteroatoms. The summed E-state index contributed by atoms with van der Waals surface area (Å²) in [4.78, 5) is 11.8. The third-order valence-electron chi connectivity index (χ3n) is 2.79. The molecule has 0 aliphatic heterocycles. The topological polar surface area (TPSA) is 70.6 Å². The van der Waals surface area contributed by atoms with E-state index in [9.17, 15) is 4.79 Å². The predicted molar refractivity (Wildman–Crippen MR) is 75.4 cm³/mol. The Labute approximate surface area is 114 Å². The van der Waals surface area contributed by atoms with Crippen molar-refractivity contribution in [1.82, 2.24) is 5.32 Å². The lowest BCUT2D eigenvalue weighted by molar-refractivity contribution is -0.115. The molecule has 3 N–H and O–H groups in total. The Morgan fingerprint density at radius 2 is 2.16 bits per heavy atom. The normalized spacial score (nSPS) is 11.9. The first-order valence-corrected chi connectivity index (χ1v) is 6.44. The monoisotopic (exact) mass is 266 g/mol. The molecule has 0 aliphatic rings. The molecule has 5 nitrogen and oxygen atoms in total. The average Bonchev–Trinajstić information content (AvgIpc) is 2.43. The molecule has 106 valence electrons. The van der Waals surface area contributed by atoms with Crippen LogP contribution in [-0.2, 0) is 4.79 Å². The van der Waals surface area contributed by atoms with Crippen LogP contribution < -0.4 is 15.4 Å². The van der Waals surface area contributed by atoms with Crippen molar-refractivity contribution in [3.63, 3.8) is 0 Å². The van der Waals surface area contributed by atoms with Crippen molar-refractivity contribution in [2.75, 3.05) is 25.6 Å². The maximum atomic E-state index is 11.8. The highest BCUT2D eigenvalue weighted by Gasteiger charge is 2.08. The van der Waals surface area contributed by atoms with Crippen molar-refractivity contribution in [3.05, 3.63) is 24.3 Å². The molecular weight excluding hydrogens is 244 g/mol. The summed E-state index contributed by atoms with van der Waals surface area (Å²) in [6.45, 7) is 2.41. The van der Waals surface area contributed by atoms with E-state index in [1.807, 2.05) is 19.1 Å². The molecule has 1 amide bonds. The number of methoxy groups -OCH3 is 1. The van der Waals surface area contributed by atoms with Gasteiger partial charge in [0.25, 0.3) is 0 Å². The number of carbonyl (C=O) groups is 1. The van der Waals surface area contributed by atoms with Gasteiger partial charge in [0.2, 0.25) is 5.91 Å². The minimum atomic E-state index is -0.111. The van der Waals surface area contributed by atoms with Crippen LogP contribution in [0.25, 0.3) is 0 Å². The van der Waals surface area contributed by atoms with Gasteiger partial charge in [-0.05, 0) is 31.9 Å². The van der Waals surface area contributed by atoms with Gasteiger partial charge in [-0.15, -0.1) is 0 Å². The average molecular weight is 266 g/mol. The molecule has 0 spiro atoms. The van der Waals surface area contributed by atoms with Gasteiger partial charge in [0, 0.05) is 12.6 Å². The van der Waals surface area contributed by atoms with Gasteiger partial charge in [-0.2, -0.15) is 0 Å². The first-order valence-electron chi connectivity index (χ1n) is 6.44. The van der Waals surface area contributed by atoms with E-state index in [4.69, 9.17) is 9.84 Å². The smallest absolute Gasteiger partial charge is 0.238 e. The predicted octanol–water partition coefficient (Wildman–Crippen LogP) is 1.38. The van der Waals surface area contributed by atoms with Crippen LogP contribution in [0, 0.1) is 0 Å². The van der Waals surface area contributed by atoms with Crippen molar-refractivity contribution in [2.24, 2.45) is 0 Å². The summed E-state index contributed by atoms with van der Waals surface area (Å²) in [5, 5.41) is 14.6. The molecule has 0 saturated heterocycles. The maximum absolute atomic E-state index is 11.8. The molecule has 0 heterocycles. The second-order valence-corrected chi connectivity index (χ2v) is 4.40. The molecule has 1 aromatic carbocycles. The second-order valence-electron chi connectivity index (χ2n) is 4.40. The van der Waals surface area contributed by atoms with Crippen molar-refractivity contribution in [1.29, 1.82) is 0 Å². The van der Waals surface area contributed by atoms with Crippen LogP contribution in [0.4, 0.5) is 5.69 Å². The second kappa shape index (κ2) is 8.50. The molecule has 0 bridgehead atoms. The van der Waals surface area contributed by atoms with Gasteiger partial charge >= 0.3 is 0 Å². The summed E-state index contributed by atoms with van der Waals surface area (Å²) < 4.78 is 5.16. The van der Waals surface area contributed by atoms with Crippen LogP contribution in [0.15, 0.2) is 24.3 Å². The van der Waals surface area contributed by atoms with Crippen LogP contribution >= 0.6 is 0 Å². The minimum Gasteiger partial charge on any atom is -0.495 e. The van der Waals surface area contributed by atoms with Crippen molar-refractivity contribution >= 4 is 11.6 Å². The summed E-state index contributed by atoms with van der Waals surface area (Å²) in [7, 11) is 1.57. The molecule has 0 fully saturated rings. The van der Waals surface area contributed by atoms with Gasteiger partial charge < -0.3 is 20.5 Å². The molecule has 0 aromatic heterocycles. The van der Waals surface area contributed by atoms with Crippen molar-refractivity contribution < 1.29 is 14.6 Å². The number of para-hydroxylation sites is 2. The van der Waals surface area contributed by atoms with Gasteiger partial charge in [0.05, 0.1) is 19.3 Å². The van der Waals surface area contributed by atoms with Gasteiger partial charge in [-0.1, -0.05) is 12.1 Å². The van der Waals surface area contributed by atoms with E-state index in [2.05, 4.69) is 10.6 Å². The summed E-state index contributed by atoms with van der Waals surface area (Å²) >= 11 is 0. The molecule has 0 aliphatic carbocycles. The number of anilines is 1. The Kier molecular flexibility index (Phi) is 6.92. The van der Waals surface area contributed by atoms with Gasteiger partial charge in [0.1, 0.15) is 5.75 Å². The summed E-state index contributed by atoms with van der Waals surface area (Å²) in [6, 6.07) is 7.49. The molecule has 0 radical (unpaired) electrons. The fourth-order valence-corrected chi connectivity index (χ4v) is 1.71. The van der Waals surface area contributed by atoms with Crippen molar-refractivity contribution in [2.45, 2.75) is 25.8 Å².